The Bertz CT molecular complexity index is 1460. The molecule has 0 aliphatic rings. The third-order valence-electron chi connectivity index (χ3n) is 5.51. The zero-order chi connectivity index (χ0) is 24.6. The number of para-hydroxylation sites is 1. The van der Waals surface area contributed by atoms with Crippen LogP contribution >= 0.6 is 23.1 Å². The van der Waals surface area contributed by atoms with Gasteiger partial charge in [0, 0.05) is 4.88 Å². The number of thioether (sulfide) groups is 1. The van der Waals surface area contributed by atoms with E-state index in [2.05, 4.69) is 4.74 Å². The number of hydrogen-bond acceptors (Lipinski definition) is 6. The number of aromatic nitrogens is 2. The van der Waals surface area contributed by atoms with Crippen LogP contribution in [-0.2, 0) is 0 Å². The number of fused-ring (bicyclic) bond motifs is 1. The van der Waals surface area contributed by atoms with Crippen molar-refractivity contribution in [3.63, 3.8) is 0 Å². The first-order chi connectivity index (χ1) is 16.2. The minimum absolute atomic E-state index is 0.0708. The van der Waals surface area contributed by atoms with Gasteiger partial charge in [0.25, 0.3) is 5.56 Å². The van der Waals surface area contributed by atoms with Crippen LogP contribution in [0.3, 0.4) is 0 Å². The van der Waals surface area contributed by atoms with Crippen LogP contribution in [0.1, 0.15) is 31.9 Å². The number of aryl methyl sites for hydroxylation is 4. The number of ketones is 1. The maximum absolute atomic E-state index is 13.6. The summed E-state index contributed by atoms with van der Waals surface area (Å²) in [5.41, 5.74) is 3.07. The predicted molar refractivity (Wildman–Crippen MR) is 132 cm³/mol. The number of halogens is 2. The molecule has 34 heavy (non-hydrogen) atoms. The van der Waals surface area contributed by atoms with E-state index in [0.29, 0.717) is 21.1 Å². The first kappa shape index (κ1) is 24.1. The molecule has 0 N–H and O–H groups in total. The van der Waals surface area contributed by atoms with E-state index in [0.717, 1.165) is 33.3 Å². The average molecular weight is 501 g/mol. The fraction of sp³-hybridized carbons (Fsp3) is 0.240. The molecule has 4 aromatic rings. The molecule has 176 valence electrons. The number of carbonyl (C=O) groups excluding carboxylic acids is 1. The monoisotopic (exact) mass is 500 g/mol. The van der Waals surface area contributed by atoms with E-state index in [1.807, 2.05) is 45.0 Å². The minimum atomic E-state index is -3.04. The van der Waals surface area contributed by atoms with Crippen LogP contribution in [0.4, 0.5) is 8.78 Å². The number of alkyl halides is 2. The summed E-state index contributed by atoms with van der Waals surface area (Å²) in [5.74, 6) is -0.667. The quantitative estimate of drug-likeness (QED) is 0.170. The van der Waals surface area contributed by atoms with Crippen LogP contribution in [0.5, 0.6) is 5.75 Å². The van der Waals surface area contributed by atoms with Crippen molar-refractivity contribution in [1.29, 1.82) is 0 Å². The molecular formula is C25H22F2N2O3S2. The molecule has 2 aromatic carbocycles. The van der Waals surface area contributed by atoms with Gasteiger partial charge >= 0.3 is 6.61 Å². The first-order valence-corrected chi connectivity index (χ1v) is 12.3. The highest BCUT2D eigenvalue weighted by Crippen LogP contribution is 2.31. The highest BCUT2D eigenvalue weighted by Gasteiger charge is 2.21. The normalized spacial score (nSPS) is 11.4. The van der Waals surface area contributed by atoms with E-state index in [1.54, 1.807) is 13.0 Å². The van der Waals surface area contributed by atoms with Gasteiger partial charge < -0.3 is 4.74 Å². The number of rotatable bonds is 7. The Labute approximate surface area is 203 Å². The summed E-state index contributed by atoms with van der Waals surface area (Å²) in [5, 5.41) is 0.929. The molecule has 0 spiro atoms. The number of ether oxygens (including phenoxy) is 1. The summed E-state index contributed by atoms with van der Waals surface area (Å²) < 4.78 is 31.7. The molecule has 0 aliphatic heterocycles. The average Bonchev–Trinajstić information content (AvgIpc) is 3.07. The van der Waals surface area contributed by atoms with Gasteiger partial charge in [0.1, 0.15) is 10.6 Å². The van der Waals surface area contributed by atoms with Crippen LogP contribution in [0.2, 0.25) is 0 Å². The standard InChI is InChI=1S/C25H22F2N2O3S2/c1-13-9-10-20(32-24(26)27)17(11-13)19(30)12-33-25-28-22-21(15(3)16(4)34-22)23(31)29(25)18-8-6-5-7-14(18)2/h5-11,24H,12H2,1-4H3. The lowest BCUT2D eigenvalue weighted by atomic mass is 10.1. The molecule has 2 heterocycles. The SMILES string of the molecule is Cc1ccc(OC(F)F)c(C(=O)CSc2nc3sc(C)c(C)c3c(=O)n2-c2ccccc2C)c1. The molecule has 4 rings (SSSR count). The van der Waals surface area contributed by atoms with Crippen LogP contribution in [0.15, 0.2) is 52.4 Å². The molecule has 0 unspecified atom stereocenters. The fourth-order valence-electron chi connectivity index (χ4n) is 3.67. The van der Waals surface area contributed by atoms with Crippen molar-refractivity contribution < 1.29 is 18.3 Å². The second-order valence-corrected chi connectivity index (χ2v) is 10.0. The highest BCUT2D eigenvalue weighted by molar-refractivity contribution is 7.99. The summed E-state index contributed by atoms with van der Waals surface area (Å²) in [6, 6.07) is 12.0. The van der Waals surface area contributed by atoms with Gasteiger partial charge in [-0.2, -0.15) is 8.78 Å². The van der Waals surface area contributed by atoms with Gasteiger partial charge in [0.2, 0.25) is 0 Å². The number of carbonyl (C=O) groups is 1. The van der Waals surface area contributed by atoms with E-state index in [9.17, 15) is 18.4 Å². The highest BCUT2D eigenvalue weighted by atomic mass is 32.2. The van der Waals surface area contributed by atoms with Crippen LogP contribution in [-0.4, -0.2) is 27.7 Å². The van der Waals surface area contributed by atoms with E-state index in [4.69, 9.17) is 4.98 Å². The van der Waals surface area contributed by atoms with Crippen molar-refractivity contribution in [2.75, 3.05) is 5.75 Å². The summed E-state index contributed by atoms with van der Waals surface area (Å²) in [6.45, 7) is 4.47. The Balaban J connectivity index is 1.78. The third-order valence-corrected chi connectivity index (χ3v) is 7.55. The van der Waals surface area contributed by atoms with Crippen molar-refractivity contribution in [1.82, 2.24) is 9.55 Å². The van der Waals surface area contributed by atoms with Gasteiger partial charge in [-0.05, 0) is 57.0 Å². The summed E-state index contributed by atoms with van der Waals surface area (Å²) in [7, 11) is 0. The lowest BCUT2D eigenvalue weighted by Gasteiger charge is -2.15. The minimum Gasteiger partial charge on any atom is -0.434 e. The van der Waals surface area contributed by atoms with Gasteiger partial charge in [-0.25, -0.2) is 4.98 Å². The number of thiophene rings is 1. The van der Waals surface area contributed by atoms with Crippen molar-refractivity contribution in [2.45, 2.75) is 39.5 Å². The van der Waals surface area contributed by atoms with E-state index >= 15 is 0 Å². The molecule has 0 amide bonds. The lowest BCUT2D eigenvalue weighted by Crippen LogP contribution is -2.23. The van der Waals surface area contributed by atoms with Crippen molar-refractivity contribution in [3.05, 3.63) is 79.9 Å². The van der Waals surface area contributed by atoms with Gasteiger partial charge in [-0.15, -0.1) is 11.3 Å². The smallest absolute Gasteiger partial charge is 0.387 e. The molecular weight excluding hydrogens is 478 g/mol. The zero-order valence-corrected chi connectivity index (χ0v) is 20.7. The predicted octanol–water partition coefficient (Wildman–Crippen LogP) is 6.26. The molecule has 0 bridgehead atoms. The molecule has 2 aromatic heterocycles. The fourth-order valence-corrected chi connectivity index (χ4v) is 5.63. The van der Waals surface area contributed by atoms with Crippen LogP contribution < -0.4 is 10.3 Å². The summed E-state index contributed by atoms with van der Waals surface area (Å²) in [6.07, 6.45) is 0. The Morgan fingerprint density at radius 2 is 1.88 bits per heavy atom. The molecule has 0 radical (unpaired) electrons. The van der Waals surface area contributed by atoms with Gasteiger partial charge in [-0.3, -0.25) is 14.2 Å². The second kappa shape index (κ2) is 9.68. The number of hydrogen-bond donors (Lipinski definition) is 0. The molecule has 9 heteroatoms. The van der Waals surface area contributed by atoms with Gasteiger partial charge in [0.15, 0.2) is 10.9 Å². The van der Waals surface area contributed by atoms with Crippen LogP contribution in [0, 0.1) is 27.7 Å². The van der Waals surface area contributed by atoms with Crippen molar-refractivity contribution in [3.8, 4) is 11.4 Å². The molecule has 0 aliphatic carbocycles. The van der Waals surface area contributed by atoms with E-state index in [-0.39, 0.29) is 22.6 Å². The van der Waals surface area contributed by atoms with E-state index < -0.39 is 12.4 Å². The third kappa shape index (κ3) is 4.63. The maximum Gasteiger partial charge on any atom is 0.387 e. The lowest BCUT2D eigenvalue weighted by molar-refractivity contribution is -0.0501. The van der Waals surface area contributed by atoms with Crippen molar-refractivity contribution in [2.24, 2.45) is 0 Å². The molecule has 0 fully saturated rings. The van der Waals surface area contributed by atoms with E-state index in [1.165, 1.54) is 28.0 Å². The maximum atomic E-state index is 13.6. The summed E-state index contributed by atoms with van der Waals surface area (Å²) >= 11 is 2.53. The van der Waals surface area contributed by atoms with Crippen molar-refractivity contribution >= 4 is 39.1 Å². The number of nitrogens with zero attached hydrogens (tertiary/aromatic N) is 2. The Morgan fingerprint density at radius 3 is 2.59 bits per heavy atom. The Morgan fingerprint density at radius 1 is 1.15 bits per heavy atom. The summed E-state index contributed by atoms with van der Waals surface area (Å²) in [4.78, 5) is 33.0. The number of benzene rings is 2. The second-order valence-electron chi connectivity index (χ2n) is 7.87. The molecule has 0 atom stereocenters. The Hall–Kier alpha value is -3.04. The zero-order valence-electron chi connectivity index (χ0n) is 19.0. The topological polar surface area (TPSA) is 61.2 Å². The molecule has 0 saturated heterocycles. The largest absolute Gasteiger partial charge is 0.434 e. The first-order valence-electron chi connectivity index (χ1n) is 10.5. The van der Waals surface area contributed by atoms with Gasteiger partial charge in [-0.1, -0.05) is 41.6 Å². The van der Waals surface area contributed by atoms with Crippen LogP contribution in [0.25, 0.3) is 15.9 Å². The molecule has 0 saturated carbocycles. The van der Waals surface area contributed by atoms with Gasteiger partial charge in [0.05, 0.1) is 22.4 Å². The Kier molecular flexibility index (Phi) is 6.86. The number of Topliss-reactive ketones (excluding diaryl/α,β-unsaturated/α-hetero) is 1. The molecule has 5 nitrogen and oxygen atoms in total.